The van der Waals surface area contributed by atoms with Gasteiger partial charge in [0.2, 0.25) is 10.0 Å². The summed E-state index contributed by atoms with van der Waals surface area (Å²) in [4.78, 5) is 0.262. The van der Waals surface area contributed by atoms with Gasteiger partial charge in [0.05, 0.1) is 11.1 Å². The smallest absolute Gasteiger partial charge is 0.243 e. The van der Waals surface area contributed by atoms with Gasteiger partial charge in [-0.1, -0.05) is 12.1 Å². The molecule has 0 radical (unpaired) electrons. The van der Waals surface area contributed by atoms with Gasteiger partial charge in [0.25, 0.3) is 0 Å². The first kappa shape index (κ1) is 15.7. The van der Waals surface area contributed by atoms with Gasteiger partial charge in [-0.3, -0.25) is 4.68 Å². The summed E-state index contributed by atoms with van der Waals surface area (Å²) in [7, 11) is -0.161. The molecular weight excluding hydrogens is 288 g/mol. The summed E-state index contributed by atoms with van der Waals surface area (Å²) in [5.74, 6) is 0. The zero-order chi connectivity index (χ0) is 15.6. The predicted octanol–water partition coefficient (Wildman–Crippen LogP) is 1.26. The van der Waals surface area contributed by atoms with Gasteiger partial charge >= 0.3 is 0 Å². The van der Waals surface area contributed by atoms with Crippen LogP contribution in [0.2, 0.25) is 0 Å². The highest BCUT2D eigenvalue weighted by atomic mass is 32.2. The number of aryl methyl sites for hydroxylation is 1. The van der Waals surface area contributed by atoms with Crippen LogP contribution in [-0.2, 0) is 23.6 Å². The largest absolute Gasteiger partial charge is 0.324 e. The number of nitrogens with two attached hydrogens (primary N) is 1. The third-order valence-electron chi connectivity index (χ3n) is 3.28. The minimum absolute atomic E-state index is 0.116. The summed E-state index contributed by atoms with van der Waals surface area (Å²) in [6, 6.07) is 6.56. The summed E-state index contributed by atoms with van der Waals surface area (Å²) < 4.78 is 27.9. The lowest BCUT2D eigenvalue weighted by atomic mass is 10.1. The maximum atomic E-state index is 12.5. The Balaban J connectivity index is 2.20. The van der Waals surface area contributed by atoms with Crippen molar-refractivity contribution in [3.8, 4) is 0 Å². The molecule has 0 bridgehead atoms. The molecule has 0 amide bonds. The molecule has 0 spiro atoms. The van der Waals surface area contributed by atoms with Crippen molar-refractivity contribution in [2.75, 3.05) is 7.05 Å². The molecule has 1 unspecified atom stereocenters. The fourth-order valence-corrected chi connectivity index (χ4v) is 3.18. The topological polar surface area (TPSA) is 81.2 Å². The van der Waals surface area contributed by atoms with Crippen molar-refractivity contribution in [3.63, 3.8) is 0 Å². The van der Waals surface area contributed by atoms with E-state index in [1.807, 2.05) is 6.92 Å². The molecule has 0 aliphatic carbocycles. The second-order valence-electron chi connectivity index (χ2n) is 5.14. The normalized spacial score (nSPS) is 13.6. The average molecular weight is 308 g/mol. The highest BCUT2D eigenvalue weighted by Gasteiger charge is 2.21. The number of rotatable bonds is 5. The van der Waals surface area contributed by atoms with Gasteiger partial charge in [-0.25, -0.2) is 8.42 Å². The van der Waals surface area contributed by atoms with Gasteiger partial charge < -0.3 is 5.73 Å². The predicted molar refractivity (Wildman–Crippen MR) is 80.9 cm³/mol. The third kappa shape index (κ3) is 3.49. The van der Waals surface area contributed by atoms with E-state index >= 15 is 0 Å². The highest BCUT2D eigenvalue weighted by Crippen LogP contribution is 2.19. The van der Waals surface area contributed by atoms with Crippen molar-refractivity contribution >= 4 is 10.0 Å². The van der Waals surface area contributed by atoms with Gasteiger partial charge in [-0.05, 0) is 24.6 Å². The highest BCUT2D eigenvalue weighted by molar-refractivity contribution is 7.89. The number of hydrogen-bond acceptors (Lipinski definition) is 4. The molecule has 2 aromatic rings. The summed E-state index contributed by atoms with van der Waals surface area (Å²) in [5.41, 5.74) is 7.52. The molecule has 0 aliphatic rings. The van der Waals surface area contributed by atoms with Crippen LogP contribution in [0.3, 0.4) is 0 Å². The van der Waals surface area contributed by atoms with Crippen molar-refractivity contribution in [2.24, 2.45) is 12.8 Å². The molecule has 114 valence electrons. The molecule has 1 aromatic heterocycles. The standard InChI is InChI=1S/C14H20N4O2S/c1-11(15)13-4-6-14(7-5-13)21(19,20)18(3)10-12-8-16-17(2)9-12/h4-9,11H,10,15H2,1-3H3. The van der Waals surface area contributed by atoms with E-state index in [1.165, 1.54) is 4.31 Å². The molecule has 2 rings (SSSR count). The Hall–Kier alpha value is -1.70. The Labute approximate surface area is 125 Å². The fourth-order valence-electron chi connectivity index (χ4n) is 2.02. The third-order valence-corrected chi connectivity index (χ3v) is 5.10. The molecule has 1 heterocycles. The molecule has 0 saturated carbocycles. The lowest BCUT2D eigenvalue weighted by Crippen LogP contribution is -2.26. The zero-order valence-corrected chi connectivity index (χ0v) is 13.2. The van der Waals surface area contributed by atoms with E-state index < -0.39 is 10.0 Å². The number of sulfonamides is 1. The molecule has 2 N–H and O–H groups in total. The quantitative estimate of drug-likeness (QED) is 0.901. The molecule has 0 saturated heterocycles. The van der Waals surface area contributed by atoms with E-state index in [9.17, 15) is 8.42 Å². The molecule has 7 heteroatoms. The number of hydrogen-bond donors (Lipinski definition) is 1. The number of nitrogens with zero attached hydrogens (tertiary/aromatic N) is 3. The second kappa shape index (κ2) is 5.97. The van der Waals surface area contributed by atoms with E-state index in [1.54, 1.807) is 55.4 Å². The van der Waals surface area contributed by atoms with Crippen LogP contribution in [0.15, 0.2) is 41.6 Å². The van der Waals surface area contributed by atoms with Crippen LogP contribution in [0.4, 0.5) is 0 Å². The Morgan fingerprint density at radius 1 is 1.33 bits per heavy atom. The minimum Gasteiger partial charge on any atom is -0.324 e. The van der Waals surface area contributed by atoms with Crippen molar-refractivity contribution in [1.29, 1.82) is 0 Å². The summed E-state index contributed by atoms with van der Waals surface area (Å²) >= 11 is 0. The van der Waals surface area contributed by atoms with Gasteiger partial charge in [-0.2, -0.15) is 9.40 Å². The van der Waals surface area contributed by atoms with Crippen molar-refractivity contribution in [2.45, 2.75) is 24.4 Å². The van der Waals surface area contributed by atoms with Gasteiger partial charge in [0.1, 0.15) is 0 Å². The molecule has 1 atom stereocenters. The maximum absolute atomic E-state index is 12.5. The monoisotopic (exact) mass is 308 g/mol. The van der Waals surface area contributed by atoms with Gasteiger partial charge in [-0.15, -0.1) is 0 Å². The fraction of sp³-hybridized carbons (Fsp3) is 0.357. The van der Waals surface area contributed by atoms with Crippen molar-refractivity contribution < 1.29 is 8.42 Å². The van der Waals surface area contributed by atoms with Crippen molar-refractivity contribution in [1.82, 2.24) is 14.1 Å². The van der Waals surface area contributed by atoms with Crippen LogP contribution < -0.4 is 5.73 Å². The average Bonchev–Trinajstić information content (AvgIpc) is 2.84. The van der Waals surface area contributed by atoms with Gasteiger partial charge in [0, 0.05) is 38.4 Å². The van der Waals surface area contributed by atoms with E-state index in [2.05, 4.69) is 5.10 Å². The van der Waals surface area contributed by atoms with Gasteiger partial charge in [0.15, 0.2) is 0 Å². The first-order valence-corrected chi connectivity index (χ1v) is 8.04. The van der Waals surface area contributed by atoms with E-state index in [0.717, 1.165) is 11.1 Å². The zero-order valence-electron chi connectivity index (χ0n) is 12.4. The Kier molecular flexibility index (Phi) is 4.46. The first-order valence-electron chi connectivity index (χ1n) is 6.60. The van der Waals surface area contributed by atoms with E-state index in [0.29, 0.717) is 0 Å². The lowest BCUT2D eigenvalue weighted by molar-refractivity contribution is 0.466. The Morgan fingerprint density at radius 2 is 1.95 bits per heavy atom. The molecule has 0 aliphatic heterocycles. The maximum Gasteiger partial charge on any atom is 0.243 e. The minimum atomic E-state index is -3.51. The molecule has 21 heavy (non-hydrogen) atoms. The van der Waals surface area contributed by atoms with Crippen LogP contribution in [-0.4, -0.2) is 29.6 Å². The van der Waals surface area contributed by atoms with Crippen LogP contribution >= 0.6 is 0 Å². The van der Waals surface area contributed by atoms with Crippen LogP contribution in [0, 0.1) is 0 Å². The Bertz CT molecular complexity index is 705. The molecular formula is C14H20N4O2S. The number of benzene rings is 1. The lowest BCUT2D eigenvalue weighted by Gasteiger charge is -2.17. The summed E-state index contributed by atoms with van der Waals surface area (Å²) in [6.45, 7) is 2.14. The summed E-state index contributed by atoms with van der Waals surface area (Å²) in [6.07, 6.45) is 3.45. The molecule has 0 fully saturated rings. The first-order chi connectivity index (χ1) is 9.80. The SMILES string of the molecule is CC(N)c1ccc(S(=O)(=O)N(C)Cc2cnn(C)c2)cc1. The Morgan fingerprint density at radius 3 is 2.43 bits per heavy atom. The van der Waals surface area contributed by atoms with E-state index in [4.69, 9.17) is 5.73 Å². The molecule has 1 aromatic carbocycles. The van der Waals surface area contributed by atoms with Crippen molar-refractivity contribution in [3.05, 3.63) is 47.8 Å². The van der Waals surface area contributed by atoms with Crippen LogP contribution in [0.5, 0.6) is 0 Å². The van der Waals surface area contributed by atoms with Crippen LogP contribution in [0.25, 0.3) is 0 Å². The van der Waals surface area contributed by atoms with E-state index in [-0.39, 0.29) is 17.5 Å². The number of aromatic nitrogens is 2. The summed E-state index contributed by atoms with van der Waals surface area (Å²) in [5, 5.41) is 4.04. The second-order valence-corrected chi connectivity index (χ2v) is 7.19. The van der Waals surface area contributed by atoms with Crippen LogP contribution in [0.1, 0.15) is 24.1 Å². The molecule has 6 nitrogen and oxygen atoms in total.